The molecule has 0 atom stereocenters. The maximum absolute atomic E-state index is 9.15. The lowest BCUT2D eigenvalue weighted by Gasteiger charge is -2.13. The van der Waals surface area contributed by atoms with Crippen molar-refractivity contribution in [1.29, 1.82) is 0 Å². The van der Waals surface area contributed by atoms with E-state index in [1.807, 2.05) is 73.1 Å². The Kier molecular flexibility index (Phi) is 6.07. The number of para-hydroxylation sites is 1. The molecule has 0 aliphatic carbocycles. The normalized spacial score (nSPS) is 11.1. The van der Waals surface area contributed by atoms with Crippen molar-refractivity contribution in [3.05, 3.63) is 134 Å². The van der Waals surface area contributed by atoms with E-state index < -0.39 is 0 Å². The topological polar surface area (TPSA) is 60.2 Å². The zero-order chi connectivity index (χ0) is 26.9. The van der Waals surface area contributed by atoms with E-state index >= 15 is 0 Å². The molecule has 0 bridgehead atoms. The van der Waals surface area contributed by atoms with Crippen LogP contribution < -0.4 is 4.65 Å². The predicted molar refractivity (Wildman–Crippen MR) is 161 cm³/mol. The SMILES string of the molecule is O[B]Oc1ccc2c(c1)c1ccccc1n2-c1cccc(-c2cc(-c3ccccn3)cc(-c3ccccn3)c2)c1. The van der Waals surface area contributed by atoms with Gasteiger partial charge in [0.2, 0.25) is 0 Å². The molecule has 0 aliphatic heterocycles. The molecule has 40 heavy (non-hydrogen) atoms. The van der Waals surface area contributed by atoms with E-state index in [1.165, 1.54) is 0 Å². The van der Waals surface area contributed by atoms with Gasteiger partial charge >= 0.3 is 7.69 Å². The molecule has 7 aromatic rings. The van der Waals surface area contributed by atoms with Gasteiger partial charge in [-0.15, -0.1) is 0 Å². The zero-order valence-electron chi connectivity index (χ0n) is 21.5. The molecule has 3 heterocycles. The highest BCUT2D eigenvalue weighted by Crippen LogP contribution is 2.36. The standard InChI is InChI=1S/C34H23BN3O2/c39-35-40-28-14-15-34-30(22-28)29-10-1-2-13-33(29)38(34)27-9-7-8-23(21-27)24-18-25(31-11-3-5-16-36-31)20-26(19-24)32-12-4-6-17-37-32/h1-22,39H. The Morgan fingerprint density at radius 1 is 0.550 bits per heavy atom. The fourth-order valence-electron chi connectivity index (χ4n) is 5.35. The Hall–Kier alpha value is -5.20. The van der Waals surface area contributed by atoms with E-state index in [9.17, 15) is 0 Å². The molecule has 0 spiro atoms. The first-order valence-corrected chi connectivity index (χ1v) is 13.0. The van der Waals surface area contributed by atoms with Crippen molar-refractivity contribution in [3.63, 3.8) is 0 Å². The summed E-state index contributed by atoms with van der Waals surface area (Å²) in [6.45, 7) is 0. The molecule has 7 rings (SSSR count). The van der Waals surface area contributed by atoms with Crippen LogP contribution in [0.25, 0.3) is 61.1 Å². The van der Waals surface area contributed by atoms with Crippen LogP contribution in [0.1, 0.15) is 0 Å². The predicted octanol–water partition coefficient (Wildman–Crippen LogP) is 7.48. The van der Waals surface area contributed by atoms with Gasteiger partial charge in [0.05, 0.1) is 22.4 Å². The number of hydrogen-bond acceptors (Lipinski definition) is 4. The molecule has 0 aliphatic rings. The number of benzene rings is 4. The van der Waals surface area contributed by atoms with Crippen LogP contribution in [-0.4, -0.2) is 27.2 Å². The highest BCUT2D eigenvalue weighted by atomic mass is 16.5. The minimum Gasteiger partial charge on any atom is -0.537 e. The number of rotatable bonds is 6. The largest absolute Gasteiger partial charge is 0.569 e. The van der Waals surface area contributed by atoms with Crippen molar-refractivity contribution >= 4 is 29.5 Å². The molecular weight excluding hydrogens is 493 g/mol. The van der Waals surface area contributed by atoms with E-state index in [0.717, 1.165) is 61.1 Å². The van der Waals surface area contributed by atoms with Gasteiger partial charge in [-0.1, -0.05) is 42.5 Å². The monoisotopic (exact) mass is 516 g/mol. The lowest BCUT2D eigenvalue weighted by atomic mass is 9.96. The molecule has 1 N–H and O–H groups in total. The lowest BCUT2D eigenvalue weighted by molar-refractivity contribution is 0.454. The van der Waals surface area contributed by atoms with E-state index in [-0.39, 0.29) is 0 Å². The second kappa shape index (κ2) is 10.2. The molecule has 6 heteroatoms. The quantitative estimate of drug-likeness (QED) is 0.233. The van der Waals surface area contributed by atoms with Crippen LogP contribution in [0.3, 0.4) is 0 Å². The molecule has 4 aromatic carbocycles. The summed E-state index contributed by atoms with van der Waals surface area (Å²) in [7, 11) is 0.710. The van der Waals surface area contributed by atoms with Gasteiger partial charge in [-0.25, -0.2) is 0 Å². The Morgan fingerprint density at radius 2 is 1.23 bits per heavy atom. The molecule has 0 amide bonds. The summed E-state index contributed by atoms with van der Waals surface area (Å²) >= 11 is 0. The van der Waals surface area contributed by atoms with Gasteiger partial charge in [0.15, 0.2) is 0 Å². The smallest absolute Gasteiger partial charge is 0.537 e. The molecule has 0 saturated heterocycles. The summed E-state index contributed by atoms with van der Waals surface area (Å²) in [5.74, 6) is 0.583. The third kappa shape index (κ3) is 4.30. The lowest BCUT2D eigenvalue weighted by Crippen LogP contribution is -1.99. The van der Waals surface area contributed by atoms with Gasteiger partial charge in [-0.05, 0) is 90.0 Å². The van der Waals surface area contributed by atoms with Crippen LogP contribution >= 0.6 is 0 Å². The van der Waals surface area contributed by atoms with Crippen LogP contribution in [-0.2, 0) is 0 Å². The van der Waals surface area contributed by atoms with Crippen molar-refractivity contribution in [2.45, 2.75) is 0 Å². The van der Waals surface area contributed by atoms with Gasteiger partial charge in [0.25, 0.3) is 0 Å². The van der Waals surface area contributed by atoms with Crippen molar-refractivity contribution in [2.24, 2.45) is 0 Å². The maximum atomic E-state index is 9.15. The first-order chi connectivity index (χ1) is 19.8. The molecule has 0 fully saturated rings. The summed E-state index contributed by atoms with van der Waals surface area (Å²) in [5, 5.41) is 11.3. The molecule has 3 aromatic heterocycles. The second-order valence-corrected chi connectivity index (χ2v) is 9.53. The Bertz CT molecular complexity index is 1910. The number of nitrogens with zero attached hydrogens (tertiary/aromatic N) is 3. The molecule has 0 unspecified atom stereocenters. The second-order valence-electron chi connectivity index (χ2n) is 9.53. The van der Waals surface area contributed by atoms with Crippen LogP contribution in [0.2, 0.25) is 0 Å². The summed E-state index contributed by atoms with van der Waals surface area (Å²) in [4.78, 5) is 9.23. The third-order valence-electron chi connectivity index (χ3n) is 7.12. The number of aromatic nitrogens is 3. The highest BCUT2D eigenvalue weighted by Gasteiger charge is 2.15. The first kappa shape index (κ1) is 23.9. The zero-order valence-corrected chi connectivity index (χ0v) is 21.5. The Morgan fingerprint density at radius 3 is 1.93 bits per heavy atom. The molecule has 1 radical (unpaired) electrons. The van der Waals surface area contributed by atoms with Gasteiger partial charge in [0, 0.05) is 40.0 Å². The van der Waals surface area contributed by atoms with Gasteiger partial charge in [0.1, 0.15) is 5.75 Å². The van der Waals surface area contributed by atoms with E-state index in [4.69, 9.17) is 9.68 Å². The number of hydrogen-bond donors (Lipinski definition) is 1. The molecule has 0 saturated carbocycles. The van der Waals surface area contributed by atoms with E-state index in [2.05, 4.69) is 75.2 Å². The fraction of sp³-hybridized carbons (Fsp3) is 0. The van der Waals surface area contributed by atoms with E-state index in [1.54, 1.807) is 0 Å². The minimum atomic E-state index is 0.583. The molecule has 189 valence electrons. The average molecular weight is 516 g/mol. The fourth-order valence-corrected chi connectivity index (χ4v) is 5.35. The van der Waals surface area contributed by atoms with Crippen LogP contribution in [0, 0.1) is 0 Å². The van der Waals surface area contributed by atoms with Crippen molar-refractivity contribution in [3.8, 4) is 45.1 Å². The number of fused-ring (bicyclic) bond motifs is 3. The molecular formula is C34H23BN3O2. The highest BCUT2D eigenvalue weighted by molar-refractivity contribution is 6.17. The van der Waals surface area contributed by atoms with Crippen LogP contribution in [0.4, 0.5) is 0 Å². The third-order valence-corrected chi connectivity index (χ3v) is 7.12. The summed E-state index contributed by atoms with van der Waals surface area (Å²) in [6, 6.07) is 41.2. The van der Waals surface area contributed by atoms with Crippen LogP contribution in [0.15, 0.2) is 134 Å². The van der Waals surface area contributed by atoms with Gasteiger partial charge in [-0.2, -0.15) is 0 Å². The summed E-state index contributed by atoms with van der Waals surface area (Å²) in [5.41, 5.74) is 9.28. The van der Waals surface area contributed by atoms with Crippen molar-refractivity contribution < 1.29 is 9.68 Å². The maximum Gasteiger partial charge on any atom is 0.569 e. The summed E-state index contributed by atoms with van der Waals surface area (Å²) in [6.07, 6.45) is 3.64. The first-order valence-electron chi connectivity index (χ1n) is 13.0. The Labute approximate surface area is 232 Å². The average Bonchev–Trinajstić information content (AvgIpc) is 3.36. The Balaban J connectivity index is 1.42. The van der Waals surface area contributed by atoms with E-state index in [0.29, 0.717) is 13.4 Å². The van der Waals surface area contributed by atoms with Gasteiger partial charge in [-0.3, -0.25) is 9.97 Å². The number of pyridine rings is 2. The van der Waals surface area contributed by atoms with Crippen LogP contribution in [0.5, 0.6) is 5.75 Å². The minimum absolute atomic E-state index is 0.583. The summed E-state index contributed by atoms with van der Waals surface area (Å²) < 4.78 is 7.53. The molecule has 5 nitrogen and oxygen atoms in total. The van der Waals surface area contributed by atoms with Crippen molar-refractivity contribution in [2.75, 3.05) is 0 Å². The van der Waals surface area contributed by atoms with Crippen molar-refractivity contribution in [1.82, 2.24) is 14.5 Å². The van der Waals surface area contributed by atoms with Gasteiger partial charge < -0.3 is 14.2 Å².